The average Bonchev–Trinajstić information content (AvgIpc) is 3.16. The van der Waals surface area contributed by atoms with Gasteiger partial charge in [-0.05, 0) is 91.9 Å². The van der Waals surface area contributed by atoms with Crippen LogP contribution in [0.4, 0.5) is 52.0 Å². The molecule has 0 saturated heterocycles. The average molecular weight is 735 g/mol. The zero-order valence-corrected chi connectivity index (χ0v) is 28.2. The zero-order valence-electron chi connectivity index (χ0n) is 28.2. The van der Waals surface area contributed by atoms with Gasteiger partial charge in [0.1, 0.15) is 0 Å². The molecule has 0 bridgehead atoms. The number of carboxylic acid groups (broad SMARTS) is 4. The van der Waals surface area contributed by atoms with Crippen molar-refractivity contribution in [3.8, 4) is 0 Å². The Bertz CT molecular complexity index is 2050. The molecule has 0 aliphatic carbocycles. The van der Waals surface area contributed by atoms with Gasteiger partial charge in [-0.2, -0.15) is 35.4 Å². The number of aliphatic hydroxyl groups is 1. The molecule has 0 fully saturated rings. The summed E-state index contributed by atoms with van der Waals surface area (Å²) < 4.78 is 0. The number of rotatable bonds is 16. The van der Waals surface area contributed by atoms with Crippen LogP contribution in [0.5, 0.6) is 0 Å². The molecule has 4 aromatic carbocycles. The lowest BCUT2D eigenvalue weighted by Crippen LogP contribution is -2.28. The maximum atomic E-state index is 11.4. The summed E-state index contributed by atoms with van der Waals surface area (Å²) in [6.07, 6.45) is 0. The molecule has 0 atom stereocenters. The SMILES string of the molecule is CCN(CCO)c1nc(Nc2ccc(N=Nc3cc(C(=O)O)cc(C(=O)O)c3)cc2)nc(Nc2ccc(N=Nc3cc(C(=O)O)cc(C(=O)O)c3)cc2)n1. The monoisotopic (exact) mass is 734 g/mol. The van der Waals surface area contributed by atoms with Crippen LogP contribution in [0.2, 0.25) is 0 Å². The van der Waals surface area contributed by atoms with Crippen molar-refractivity contribution < 1.29 is 44.7 Å². The fourth-order valence-corrected chi connectivity index (χ4v) is 4.68. The number of aliphatic hydroxyl groups excluding tert-OH is 1. The number of benzene rings is 4. The molecule has 0 amide bonds. The smallest absolute Gasteiger partial charge is 0.335 e. The number of carbonyl (C=O) groups is 4. The highest BCUT2D eigenvalue weighted by atomic mass is 16.4. The fraction of sp³-hybridized carbons (Fsp3) is 0.114. The van der Waals surface area contributed by atoms with Gasteiger partial charge in [0.25, 0.3) is 0 Å². The van der Waals surface area contributed by atoms with Crippen molar-refractivity contribution in [3.63, 3.8) is 0 Å². The van der Waals surface area contributed by atoms with Crippen molar-refractivity contribution in [1.82, 2.24) is 15.0 Å². The van der Waals surface area contributed by atoms with E-state index in [-0.39, 0.29) is 64.6 Å². The highest BCUT2D eigenvalue weighted by molar-refractivity contribution is 5.96. The van der Waals surface area contributed by atoms with Gasteiger partial charge >= 0.3 is 23.9 Å². The van der Waals surface area contributed by atoms with Crippen LogP contribution in [0.15, 0.2) is 105 Å². The summed E-state index contributed by atoms with van der Waals surface area (Å²) in [7, 11) is 0. The van der Waals surface area contributed by atoms with E-state index in [0.717, 1.165) is 12.1 Å². The maximum absolute atomic E-state index is 11.4. The Morgan fingerprint density at radius 1 is 0.556 bits per heavy atom. The van der Waals surface area contributed by atoms with Crippen LogP contribution in [0.3, 0.4) is 0 Å². The molecule has 5 rings (SSSR count). The molecule has 0 aliphatic heterocycles. The van der Waals surface area contributed by atoms with E-state index in [2.05, 4.69) is 46.0 Å². The Balaban J connectivity index is 1.33. The highest BCUT2D eigenvalue weighted by Gasteiger charge is 2.15. The minimum Gasteiger partial charge on any atom is -0.478 e. The number of nitrogens with zero attached hydrogens (tertiary/aromatic N) is 8. The number of anilines is 5. The predicted molar refractivity (Wildman–Crippen MR) is 193 cm³/mol. The predicted octanol–water partition coefficient (Wildman–Crippen LogP) is 6.80. The standard InChI is InChI=1S/C35H30N10O9/c1-2-45(11-12-46)35-39-33(36-23-3-7-25(8-4-23)41-43-27-15-19(29(47)48)13-20(16-27)30(49)50)38-34(40-35)37-24-5-9-26(10-6-24)42-44-28-17-21(31(51)52)14-22(18-28)32(53)54/h3-10,13-18,46H,2,11-12H2,1H3,(H,47,48)(H,49,50)(H,51,52)(H,53,54)(H2,36,37,38,39,40). The normalized spacial score (nSPS) is 11.1. The summed E-state index contributed by atoms with van der Waals surface area (Å²) in [6.45, 7) is 2.47. The molecule has 54 heavy (non-hydrogen) atoms. The van der Waals surface area contributed by atoms with Crippen molar-refractivity contribution in [3.05, 3.63) is 107 Å². The molecule has 5 aromatic rings. The topological polar surface area (TPSA) is 285 Å². The van der Waals surface area contributed by atoms with Crippen LogP contribution in [-0.2, 0) is 0 Å². The van der Waals surface area contributed by atoms with Crippen molar-refractivity contribution >= 4 is 75.8 Å². The van der Waals surface area contributed by atoms with Crippen LogP contribution in [0.25, 0.3) is 0 Å². The minimum absolute atomic E-state index is 0.0500. The van der Waals surface area contributed by atoms with Gasteiger partial charge in [0.15, 0.2) is 0 Å². The summed E-state index contributed by atoms with van der Waals surface area (Å²) in [5.74, 6) is -4.61. The number of hydrogen-bond donors (Lipinski definition) is 7. The van der Waals surface area contributed by atoms with Gasteiger partial charge in [-0.3, -0.25) is 0 Å². The molecule has 7 N–H and O–H groups in total. The largest absolute Gasteiger partial charge is 0.478 e. The van der Waals surface area contributed by atoms with E-state index in [0.29, 0.717) is 29.3 Å². The number of likely N-dealkylation sites (N-methyl/N-ethyl adjacent to an activating group) is 1. The first-order valence-electron chi connectivity index (χ1n) is 15.8. The molecule has 0 aliphatic rings. The highest BCUT2D eigenvalue weighted by Crippen LogP contribution is 2.27. The van der Waals surface area contributed by atoms with E-state index < -0.39 is 23.9 Å². The molecule has 0 spiro atoms. The Hall–Kier alpha value is -7.67. The minimum atomic E-state index is -1.30. The molecular weight excluding hydrogens is 704 g/mol. The second-order valence-corrected chi connectivity index (χ2v) is 11.1. The van der Waals surface area contributed by atoms with E-state index in [1.807, 2.05) is 6.92 Å². The van der Waals surface area contributed by atoms with Gasteiger partial charge in [0.2, 0.25) is 17.8 Å². The lowest BCUT2D eigenvalue weighted by Gasteiger charge is -2.20. The van der Waals surface area contributed by atoms with Crippen LogP contribution in [-0.4, -0.2) is 84.1 Å². The number of azo groups is 2. The third-order valence-corrected chi connectivity index (χ3v) is 7.29. The van der Waals surface area contributed by atoms with Crippen LogP contribution < -0.4 is 15.5 Å². The number of aromatic nitrogens is 3. The van der Waals surface area contributed by atoms with Gasteiger partial charge in [0, 0.05) is 24.5 Å². The van der Waals surface area contributed by atoms with Crippen molar-refractivity contribution in [2.75, 3.05) is 35.2 Å². The molecule has 1 heterocycles. The number of carboxylic acids is 4. The van der Waals surface area contributed by atoms with Crippen molar-refractivity contribution in [2.24, 2.45) is 20.5 Å². The van der Waals surface area contributed by atoms with Gasteiger partial charge in [-0.25, -0.2) is 19.2 Å². The molecule has 0 saturated carbocycles. The molecule has 19 nitrogen and oxygen atoms in total. The Morgan fingerprint density at radius 3 is 1.22 bits per heavy atom. The lowest BCUT2D eigenvalue weighted by molar-refractivity contribution is 0.0676. The number of nitrogens with one attached hydrogen (secondary N) is 2. The van der Waals surface area contributed by atoms with Crippen LogP contribution in [0, 0.1) is 0 Å². The summed E-state index contributed by atoms with van der Waals surface area (Å²) in [4.78, 5) is 60.8. The maximum Gasteiger partial charge on any atom is 0.335 e. The van der Waals surface area contributed by atoms with Gasteiger partial charge in [-0.15, -0.1) is 0 Å². The first-order chi connectivity index (χ1) is 25.9. The van der Waals surface area contributed by atoms with E-state index in [1.165, 1.54) is 24.3 Å². The Morgan fingerprint density at radius 2 is 0.907 bits per heavy atom. The third kappa shape index (κ3) is 9.98. The molecule has 19 heteroatoms. The Labute approximate surface area is 305 Å². The van der Waals surface area contributed by atoms with Gasteiger partial charge in [0.05, 0.1) is 51.6 Å². The van der Waals surface area contributed by atoms with Crippen LogP contribution in [0.1, 0.15) is 48.4 Å². The van der Waals surface area contributed by atoms with E-state index in [4.69, 9.17) is 0 Å². The quantitative estimate of drug-likeness (QED) is 0.0513. The summed E-state index contributed by atoms with van der Waals surface area (Å²) in [5, 5.41) is 69.1. The summed E-state index contributed by atoms with van der Waals surface area (Å²) >= 11 is 0. The van der Waals surface area contributed by atoms with Crippen molar-refractivity contribution in [1.29, 1.82) is 0 Å². The molecule has 0 radical (unpaired) electrons. The third-order valence-electron chi connectivity index (χ3n) is 7.29. The van der Waals surface area contributed by atoms with Gasteiger partial charge < -0.3 is 41.1 Å². The van der Waals surface area contributed by atoms with Crippen molar-refractivity contribution in [2.45, 2.75) is 6.92 Å². The lowest BCUT2D eigenvalue weighted by atomic mass is 10.1. The summed E-state index contributed by atoms with van der Waals surface area (Å²) in [6, 6.07) is 20.0. The number of aromatic carboxylic acids is 4. The molecular formula is C35H30N10O9. The zero-order chi connectivity index (χ0) is 38.8. The van der Waals surface area contributed by atoms with Gasteiger partial charge in [-0.1, -0.05) is 0 Å². The van der Waals surface area contributed by atoms with E-state index in [9.17, 15) is 44.7 Å². The van der Waals surface area contributed by atoms with E-state index in [1.54, 1.807) is 53.4 Å². The Kier molecular flexibility index (Phi) is 11.9. The molecule has 1 aromatic heterocycles. The van der Waals surface area contributed by atoms with E-state index >= 15 is 0 Å². The second-order valence-electron chi connectivity index (χ2n) is 11.1. The fourth-order valence-electron chi connectivity index (χ4n) is 4.68. The number of hydrogen-bond acceptors (Lipinski definition) is 15. The van der Waals surface area contributed by atoms with Crippen LogP contribution >= 0.6 is 0 Å². The molecule has 274 valence electrons. The first-order valence-corrected chi connectivity index (χ1v) is 15.8. The molecule has 0 unspecified atom stereocenters. The second kappa shape index (κ2) is 17.0. The summed E-state index contributed by atoms with van der Waals surface area (Å²) in [5.41, 5.74) is 1.03. The first kappa shape index (κ1) is 37.6.